The number of rotatable bonds is 4. The van der Waals surface area contributed by atoms with Crippen molar-refractivity contribution in [1.82, 2.24) is 0 Å². The van der Waals surface area contributed by atoms with E-state index >= 15 is 0 Å². The topological polar surface area (TPSA) is 13.1 Å². The summed E-state index contributed by atoms with van der Waals surface area (Å²) in [7, 11) is 0. The van der Waals surface area contributed by atoms with Gasteiger partial charge >= 0.3 is 0 Å². The molecular weight excluding hydrogens is 412 g/mol. The summed E-state index contributed by atoms with van der Waals surface area (Å²) in [4.78, 5) is 0. The molecule has 0 N–H and O–H groups in total. The number of hydrogen-bond donors (Lipinski definition) is 0. The smallest absolute Gasteiger partial charge is 0.136 e. The maximum atomic E-state index is 6.07. The third kappa shape index (κ3) is 3.70. The number of fused-ring (bicyclic) bond motifs is 3. The van der Waals surface area contributed by atoms with Crippen molar-refractivity contribution >= 4 is 21.9 Å². The van der Waals surface area contributed by atoms with Gasteiger partial charge in [-0.2, -0.15) is 0 Å². The van der Waals surface area contributed by atoms with E-state index in [1.807, 2.05) is 12.1 Å². The molecule has 0 aliphatic heterocycles. The molecule has 5 aromatic carbocycles. The Morgan fingerprint density at radius 2 is 0.882 bits per heavy atom. The standard InChI is InChI=1S/C33H26O/c1-22(2)23-7-9-24(10-8-23)25-11-13-26(14-12-25)27-15-17-28(18-16-27)29-19-20-31-30-5-3-4-6-32(30)34-33(31)21-29/h3-22H,1-2H3. The summed E-state index contributed by atoms with van der Waals surface area (Å²) in [6.07, 6.45) is 0. The monoisotopic (exact) mass is 438 g/mol. The van der Waals surface area contributed by atoms with Gasteiger partial charge in [0.05, 0.1) is 0 Å². The Kier molecular flexibility index (Phi) is 5.04. The Morgan fingerprint density at radius 1 is 0.441 bits per heavy atom. The molecule has 1 heterocycles. The van der Waals surface area contributed by atoms with Crippen molar-refractivity contribution in [3.8, 4) is 33.4 Å². The third-order valence-corrected chi connectivity index (χ3v) is 6.73. The lowest BCUT2D eigenvalue weighted by Gasteiger charge is -2.09. The first kappa shape index (κ1) is 20.5. The lowest BCUT2D eigenvalue weighted by molar-refractivity contribution is 0.669. The summed E-state index contributed by atoms with van der Waals surface area (Å²) in [6, 6.07) is 41.2. The van der Waals surface area contributed by atoms with Crippen LogP contribution in [0.1, 0.15) is 25.3 Å². The molecule has 0 atom stereocenters. The van der Waals surface area contributed by atoms with Gasteiger partial charge in [0.25, 0.3) is 0 Å². The molecule has 6 aromatic rings. The number of hydrogen-bond acceptors (Lipinski definition) is 1. The number of para-hydroxylation sites is 1. The summed E-state index contributed by atoms with van der Waals surface area (Å²) < 4.78 is 6.07. The van der Waals surface area contributed by atoms with Crippen LogP contribution in [0.25, 0.3) is 55.3 Å². The summed E-state index contributed by atoms with van der Waals surface area (Å²) in [6.45, 7) is 4.46. The Balaban J connectivity index is 1.25. The van der Waals surface area contributed by atoms with E-state index in [1.54, 1.807) is 0 Å². The molecular formula is C33H26O. The van der Waals surface area contributed by atoms with Crippen molar-refractivity contribution < 1.29 is 4.42 Å². The molecule has 0 aliphatic rings. The summed E-state index contributed by atoms with van der Waals surface area (Å²) >= 11 is 0. The fourth-order valence-electron chi connectivity index (χ4n) is 4.68. The van der Waals surface area contributed by atoms with Gasteiger partial charge in [0.1, 0.15) is 11.2 Å². The summed E-state index contributed by atoms with van der Waals surface area (Å²) in [5.41, 5.74) is 10.5. The highest BCUT2D eigenvalue weighted by Crippen LogP contribution is 2.33. The molecule has 164 valence electrons. The first-order valence-corrected chi connectivity index (χ1v) is 11.9. The van der Waals surface area contributed by atoms with Crippen LogP contribution in [-0.4, -0.2) is 0 Å². The molecule has 0 spiro atoms. The van der Waals surface area contributed by atoms with Crippen LogP contribution in [0, 0.1) is 0 Å². The largest absolute Gasteiger partial charge is 0.456 e. The normalized spacial score (nSPS) is 11.5. The second-order valence-corrected chi connectivity index (χ2v) is 9.24. The van der Waals surface area contributed by atoms with E-state index in [0.29, 0.717) is 5.92 Å². The molecule has 0 saturated carbocycles. The minimum Gasteiger partial charge on any atom is -0.456 e. The second kappa shape index (κ2) is 8.35. The second-order valence-electron chi connectivity index (χ2n) is 9.24. The van der Waals surface area contributed by atoms with Crippen LogP contribution in [0.15, 0.2) is 120 Å². The van der Waals surface area contributed by atoms with Gasteiger partial charge in [0.2, 0.25) is 0 Å². The molecule has 34 heavy (non-hydrogen) atoms. The molecule has 0 bridgehead atoms. The molecule has 1 nitrogen and oxygen atoms in total. The maximum absolute atomic E-state index is 6.07. The van der Waals surface area contributed by atoms with E-state index in [1.165, 1.54) is 44.3 Å². The third-order valence-electron chi connectivity index (χ3n) is 6.73. The van der Waals surface area contributed by atoms with Crippen LogP contribution >= 0.6 is 0 Å². The highest BCUT2D eigenvalue weighted by atomic mass is 16.3. The predicted octanol–water partition coefficient (Wildman–Crippen LogP) is 9.71. The van der Waals surface area contributed by atoms with Crippen LogP contribution < -0.4 is 0 Å². The Hall–Kier alpha value is -4.10. The average Bonchev–Trinajstić information content (AvgIpc) is 3.27. The molecule has 0 unspecified atom stereocenters. The highest BCUT2D eigenvalue weighted by Gasteiger charge is 2.08. The number of furan rings is 1. The minimum atomic E-state index is 0.556. The van der Waals surface area contributed by atoms with Gasteiger partial charge in [-0.3, -0.25) is 0 Å². The first-order valence-electron chi connectivity index (χ1n) is 11.9. The fraction of sp³-hybridized carbons (Fsp3) is 0.0909. The van der Waals surface area contributed by atoms with E-state index in [2.05, 4.69) is 117 Å². The van der Waals surface area contributed by atoms with Crippen LogP contribution in [0.2, 0.25) is 0 Å². The van der Waals surface area contributed by atoms with E-state index in [-0.39, 0.29) is 0 Å². The minimum absolute atomic E-state index is 0.556. The maximum Gasteiger partial charge on any atom is 0.136 e. The SMILES string of the molecule is CC(C)c1ccc(-c2ccc(-c3ccc(-c4ccc5c(c4)oc4ccccc45)cc3)cc2)cc1. The molecule has 0 saturated heterocycles. The Labute approximate surface area is 200 Å². The van der Waals surface area contributed by atoms with E-state index in [0.717, 1.165) is 16.6 Å². The van der Waals surface area contributed by atoms with E-state index < -0.39 is 0 Å². The van der Waals surface area contributed by atoms with Gasteiger partial charge < -0.3 is 4.42 Å². The fourth-order valence-corrected chi connectivity index (χ4v) is 4.68. The zero-order chi connectivity index (χ0) is 23.1. The zero-order valence-corrected chi connectivity index (χ0v) is 19.5. The van der Waals surface area contributed by atoms with Crippen molar-refractivity contribution in [1.29, 1.82) is 0 Å². The lowest BCUT2D eigenvalue weighted by Crippen LogP contribution is -1.87. The van der Waals surface area contributed by atoms with Crippen LogP contribution in [0.4, 0.5) is 0 Å². The van der Waals surface area contributed by atoms with Gasteiger partial charge in [0, 0.05) is 10.8 Å². The van der Waals surface area contributed by atoms with Crippen LogP contribution in [-0.2, 0) is 0 Å². The van der Waals surface area contributed by atoms with Gasteiger partial charge in [-0.1, -0.05) is 111 Å². The summed E-state index contributed by atoms with van der Waals surface area (Å²) in [5, 5.41) is 2.33. The van der Waals surface area contributed by atoms with Crippen LogP contribution in [0.3, 0.4) is 0 Å². The van der Waals surface area contributed by atoms with Crippen molar-refractivity contribution in [3.63, 3.8) is 0 Å². The molecule has 0 amide bonds. The Morgan fingerprint density at radius 3 is 1.44 bits per heavy atom. The van der Waals surface area contributed by atoms with Crippen molar-refractivity contribution in [2.75, 3.05) is 0 Å². The van der Waals surface area contributed by atoms with Crippen molar-refractivity contribution in [2.45, 2.75) is 19.8 Å². The average molecular weight is 439 g/mol. The van der Waals surface area contributed by atoms with Gasteiger partial charge in [0.15, 0.2) is 0 Å². The first-order chi connectivity index (χ1) is 16.7. The van der Waals surface area contributed by atoms with Crippen molar-refractivity contribution in [2.24, 2.45) is 0 Å². The zero-order valence-electron chi connectivity index (χ0n) is 19.5. The molecule has 0 fully saturated rings. The number of benzene rings is 5. The molecule has 0 aliphatic carbocycles. The van der Waals surface area contributed by atoms with Gasteiger partial charge in [-0.15, -0.1) is 0 Å². The lowest BCUT2D eigenvalue weighted by atomic mass is 9.96. The van der Waals surface area contributed by atoms with Gasteiger partial charge in [-0.25, -0.2) is 0 Å². The quantitative estimate of drug-likeness (QED) is 0.267. The highest BCUT2D eigenvalue weighted by molar-refractivity contribution is 6.05. The van der Waals surface area contributed by atoms with Crippen LogP contribution in [0.5, 0.6) is 0 Å². The molecule has 0 radical (unpaired) electrons. The predicted molar refractivity (Wildman–Crippen MR) is 144 cm³/mol. The van der Waals surface area contributed by atoms with Crippen molar-refractivity contribution in [3.05, 3.63) is 121 Å². The van der Waals surface area contributed by atoms with E-state index in [9.17, 15) is 0 Å². The van der Waals surface area contributed by atoms with Gasteiger partial charge in [-0.05, 0) is 63.1 Å². The molecule has 1 aromatic heterocycles. The Bertz CT molecular complexity index is 1580. The van der Waals surface area contributed by atoms with E-state index in [4.69, 9.17) is 4.42 Å². The molecule has 1 heteroatoms. The molecule has 6 rings (SSSR count). The summed E-state index contributed by atoms with van der Waals surface area (Å²) in [5.74, 6) is 0.556.